The molecule has 13 heavy (non-hydrogen) atoms. The van der Waals surface area contributed by atoms with E-state index in [0.29, 0.717) is 0 Å². The molecule has 0 spiro atoms. The summed E-state index contributed by atoms with van der Waals surface area (Å²) in [5, 5.41) is 0. The van der Waals surface area contributed by atoms with Crippen LogP contribution in [0.25, 0.3) is 0 Å². The van der Waals surface area contributed by atoms with Gasteiger partial charge >= 0.3 is 0 Å². The monoisotopic (exact) mass is 207 g/mol. The molecule has 0 saturated carbocycles. The van der Waals surface area contributed by atoms with Crippen LogP contribution in [0, 0.1) is 0 Å². The third kappa shape index (κ3) is 4.86. The predicted molar refractivity (Wildman–Crippen MR) is 63.8 cm³/mol. The molecule has 4 heteroatoms. The zero-order valence-electron chi connectivity index (χ0n) is 9.44. The molecule has 0 heterocycles. The second-order valence-electron chi connectivity index (χ2n) is 2.94. The van der Waals surface area contributed by atoms with E-state index in [0.717, 1.165) is 19.6 Å². The van der Waals surface area contributed by atoms with E-state index in [2.05, 4.69) is 41.9 Å². The van der Waals surface area contributed by atoms with Crippen molar-refractivity contribution in [2.24, 2.45) is 0 Å². The Morgan fingerprint density at radius 1 is 0.769 bits per heavy atom. The molecule has 3 nitrogen and oxygen atoms in total. The summed E-state index contributed by atoms with van der Waals surface area (Å²) in [7, 11) is -0.947. The molecule has 0 aliphatic carbocycles. The second-order valence-corrected chi connectivity index (χ2v) is 5.69. The number of rotatable bonds is 8. The summed E-state index contributed by atoms with van der Waals surface area (Å²) in [4.78, 5) is 0. The summed E-state index contributed by atoms with van der Waals surface area (Å²) in [6, 6.07) is 0. The summed E-state index contributed by atoms with van der Waals surface area (Å²) in [6.45, 7) is 11.8. The topological polar surface area (TPSA) is 36.1 Å². The van der Waals surface area contributed by atoms with Gasteiger partial charge < -0.3 is 0 Å². The fourth-order valence-corrected chi connectivity index (χ4v) is 4.24. The van der Waals surface area contributed by atoms with Crippen molar-refractivity contribution in [1.82, 2.24) is 14.2 Å². The molecule has 0 unspecified atom stereocenters. The van der Waals surface area contributed by atoms with Crippen LogP contribution in [-0.4, -0.2) is 25.4 Å². The van der Waals surface area contributed by atoms with Crippen molar-refractivity contribution in [3.63, 3.8) is 0 Å². The fraction of sp³-hybridized carbons (Fsp3) is 1.00. The molecule has 0 aliphatic heterocycles. The standard InChI is InChI=1S/C9H25N3S/c1-5-9-13(10-6-2,11-7-3)12-8-4/h10-12H,5-9H2,1-4H3. The average Bonchev–Trinajstić information content (AvgIpc) is 2.06. The van der Waals surface area contributed by atoms with E-state index < -0.39 is 10.6 Å². The molecule has 0 bridgehead atoms. The van der Waals surface area contributed by atoms with E-state index in [9.17, 15) is 0 Å². The van der Waals surface area contributed by atoms with E-state index in [1.54, 1.807) is 0 Å². The Bertz CT molecular complexity index is 89.9. The molecule has 3 N–H and O–H groups in total. The van der Waals surface area contributed by atoms with Gasteiger partial charge in [-0.05, 0) is 6.42 Å². The van der Waals surface area contributed by atoms with Crippen molar-refractivity contribution < 1.29 is 0 Å². The highest BCUT2D eigenvalue weighted by molar-refractivity contribution is 8.28. The molecular formula is C9H25N3S. The lowest BCUT2D eigenvalue weighted by atomic mass is 10.6. The van der Waals surface area contributed by atoms with Gasteiger partial charge in [0.05, 0.1) is 0 Å². The highest BCUT2D eigenvalue weighted by atomic mass is 32.3. The van der Waals surface area contributed by atoms with Crippen LogP contribution in [0.2, 0.25) is 0 Å². The number of hydrogen-bond acceptors (Lipinski definition) is 3. The summed E-state index contributed by atoms with van der Waals surface area (Å²) >= 11 is 0. The van der Waals surface area contributed by atoms with E-state index in [-0.39, 0.29) is 0 Å². The van der Waals surface area contributed by atoms with Gasteiger partial charge in [-0.1, -0.05) is 38.3 Å². The molecule has 0 saturated heterocycles. The molecule has 0 aromatic carbocycles. The van der Waals surface area contributed by atoms with Crippen LogP contribution in [-0.2, 0) is 0 Å². The minimum absolute atomic E-state index is 0.947. The quantitative estimate of drug-likeness (QED) is 0.568. The van der Waals surface area contributed by atoms with Crippen molar-refractivity contribution >= 4 is 10.6 Å². The molecule has 0 rings (SSSR count). The summed E-state index contributed by atoms with van der Waals surface area (Å²) in [5.74, 6) is 1.20. The maximum Gasteiger partial charge on any atom is 0.0140 e. The number of nitrogens with one attached hydrogen (secondary N) is 3. The first-order valence-corrected chi connectivity index (χ1v) is 7.09. The second kappa shape index (κ2) is 7.62. The minimum Gasteiger partial charge on any atom is -0.259 e. The minimum atomic E-state index is -0.947. The van der Waals surface area contributed by atoms with Gasteiger partial charge in [0, 0.05) is 25.4 Å². The Labute approximate surface area is 84.8 Å². The fourth-order valence-electron chi connectivity index (χ4n) is 1.41. The van der Waals surface area contributed by atoms with E-state index >= 15 is 0 Å². The lowest BCUT2D eigenvalue weighted by molar-refractivity contribution is 0.863. The van der Waals surface area contributed by atoms with Crippen molar-refractivity contribution in [2.45, 2.75) is 34.1 Å². The Morgan fingerprint density at radius 2 is 1.15 bits per heavy atom. The van der Waals surface area contributed by atoms with Gasteiger partial charge in [-0.3, -0.25) is 14.2 Å². The Kier molecular flexibility index (Phi) is 7.75. The zero-order chi connectivity index (χ0) is 10.2. The van der Waals surface area contributed by atoms with Gasteiger partial charge in [-0.15, -0.1) is 0 Å². The molecule has 82 valence electrons. The van der Waals surface area contributed by atoms with Gasteiger partial charge in [-0.25, -0.2) is 0 Å². The van der Waals surface area contributed by atoms with Crippen LogP contribution in [0.15, 0.2) is 0 Å². The van der Waals surface area contributed by atoms with E-state index in [4.69, 9.17) is 0 Å². The SMILES string of the molecule is CCCS(NCC)(NCC)NCC. The third-order valence-electron chi connectivity index (χ3n) is 1.68. The molecule has 0 amide bonds. The van der Waals surface area contributed by atoms with Gasteiger partial charge in [0.1, 0.15) is 0 Å². The van der Waals surface area contributed by atoms with E-state index in [1.807, 2.05) is 0 Å². The smallest absolute Gasteiger partial charge is 0.0140 e. The van der Waals surface area contributed by atoms with Crippen LogP contribution in [0.3, 0.4) is 0 Å². The predicted octanol–water partition coefficient (Wildman–Crippen LogP) is 1.77. The average molecular weight is 207 g/mol. The summed E-state index contributed by atoms with van der Waals surface area (Å²) in [5.41, 5.74) is 0. The normalized spacial score (nSPS) is 13.2. The lowest BCUT2D eigenvalue weighted by Gasteiger charge is -2.41. The van der Waals surface area contributed by atoms with E-state index in [1.165, 1.54) is 12.2 Å². The maximum absolute atomic E-state index is 3.56. The van der Waals surface area contributed by atoms with Crippen LogP contribution < -0.4 is 14.2 Å². The first-order chi connectivity index (χ1) is 6.24. The summed E-state index contributed by atoms with van der Waals surface area (Å²) in [6.07, 6.45) is 1.21. The molecule has 0 atom stereocenters. The highest BCUT2D eigenvalue weighted by Gasteiger charge is 2.18. The van der Waals surface area contributed by atoms with Crippen molar-refractivity contribution in [1.29, 1.82) is 0 Å². The highest BCUT2D eigenvalue weighted by Crippen LogP contribution is 2.34. The Balaban J connectivity index is 4.19. The molecule has 0 radical (unpaired) electrons. The van der Waals surface area contributed by atoms with Crippen molar-refractivity contribution in [2.75, 3.05) is 25.4 Å². The Morgan fingerprint density at radius 3 is 1.38 bits per heavy atom. The lowest BCUT2D eigenvalue weighted by Crippen LogP contribution is -2.44. The molecule has 0 aromatic heterocycles. The third-order valence-corrected chi connectivity index (χ3v) is 5.05. The summed E-state index contributed by atoms with van der Waals surface area (Å²) < 4.78 is 10.7. The Hall–Kier alpha value is 0.230. The zero-order valence-corrected chi connectivity index (χ0v) is 10.3. The first kappa shape index (κ1) is 13.2. The van der Waals surface area contributed by atoms with Gasteiger partial charge in [0.2, 0.25) is 0 Å². The van der Waals surface area contributed by atoms with Gasteiger partial charge in [0.25, 0.3) is 0 Å². The number of hydrogen-bond donors (Lipinski definition) is 3. The molecule has 0 aromatic rings. The van der Waals surface area contributed by atoms with Crippen LogP contribution in [0.4, 0.5) is 0 Å². The first-order valence-electron chi connectivity index (χ1n) is 5.29. The maximum atomic E-state index is 3.56. The molecular weight excluding hydrogens is 182 g/mol. The molecule has 0 aliphatic rings. The van der Waals surface area contributed by atoms with Gasteiger partial charge in [0.15, 0.2) is 0 Å². The largest absolute Gasteiger partial charge is 0.259 e. The van der Waals surface area contributed by atoms with Crippen molar-refractivity contribution in [3.8, 4) is 0 Å². The van der Waals surface area contributed by atoms with Crippen molar-refractivity contribution in [3.05, 3.63) is 0 Å². The molecule has 0 fully saturated rings. The van der Waals surface area contributed by atoms with Gasteiger partial charge in [-0.2, -0.15) is 0 Å². The van der Waals surface area contributed by atoms with Crippen LogP contribution in [0.5, 0.6) is 0 Å². The van der Waals surface area contributed by atoms with Crippen LogP contribution in [0.1, 0.15) is 34.1 Å². The van der Waals surface area contributed by atoms with Crippen LogP contribution >= 0.6 is 10.6 Å².